The van der Waals surface area contributed by atoms with Crippen LogP contribution >= 0.6 is 0 Å². The first kappa shape index (κ1) is 33.6. The summed E-state index contributed by atoms with van der Waals surface area (Å²) >= 11 is 0. The first-order chi connectivity index (χ1) is 13.8. The lowest BCUT2D eigenvalue weighted by Gasteiger charge is -2.01. The summed E-state index contributed by atoms with van der Waals surface area (Å²) in [5.41, 5.74) is 0. The van der Waals surface area contributed by atoms with E-state index < -0.39 is 0 Å². The van der Waals surface area contributed by atoms with E-state index >= 15 is 0 Å². The fourth-order valence-corrected chi connectivity index (χ4v) is 3.83. The summed E-state index contributed by atoms with van der Waals surface area (Å²) in [7, 11) is 0. The normalized spacial score (nSPS) is 10.3. The van der Waals surface area contributed by atoms with E-state index in [0.717, 1.165) is 0 Å². The Labute approximate surface area is 189 Å². The average Bonchev–Trinajstić information content (AvgIpc) is 2.71. The summed E-state index contributed by atoms with van der Waals surface area (Å²) < 4.78 is 0. The topological polar surface area (TPSA) is 0 Å². The molecule has 0 bridgehead atoms. The Bertz CT molecular complexity index is 172. The third-order valence-corrected chi connectivity index (χ3v) is 5.91. The highest BCUT2D eigenvalue weighted by Crippen LogP contribution is 2.12. The first-order valence-electron chi connectivity index (χ1n) is 13.8. The van der Waals surface area contributed by atoms with Crippen LogP contribution in [-0.4, -0.2) is 0 Å². The first-order valence-corrected chi connectivity index (χ1v) is 13.8. The van der Waals surface area contributed by atoms with Crippen molar-refractivity contribution in [2.75, 3.05) is 0 Å². The van der Waals surface area contributed by atoms with E-state index in [9.17, 15) is 0 Å². The molecular weight excluding hydrogens is 348 g/mol. The summed E-state index contributed by atoms with van der Waals surface area (Å²) in [5, 5.41) is 0. The van der Waals surface area contributed by atoms with Gasteiger partial charge in [-0.3, -0.25) is 0 Å². The summed E-state index contributed by atoms with van der Waals surface area (Å²) in [6.07, 6.45) is 34.9. The molecular formula is C29H64. The van der Waals surface area contributed by atoms with Crippen LogP contribution in [0.5, 0.6) is 0 Å². The van der Waals surface area contributed by atoms with Crippen LogP contribution in [0.25, 0.3) is 0 Å². The molecule has 0 radical (unpaired) electrons. The highest BCUT2D eigenvalue weighted by molar-refractivity contribution is 4.48. The zero-order valence-electron chi connectivity index (χ0n) is 21.0. The van der Waals surface area contributed by atoms with Gasteiger partial charge in [0.25, 0.3) is 0 Å². The van der Waals surface area contributed by atoms with Crippen LogP contribution in [0, 0.1) is 0 Å². The number of unbranched alkanes of at least 4 members (excludes halogenated alkanes) is 22. The number of rotatable bonds is 22. The van der Waals surface area contributed by atoms with E-state index in [4.69, 9.17) is 0 Å². The van der Waals surface area contributed by atoms with Gasteiger partial charge in [-0.15, -0.1) is 0 Å². The second-order valence-corrected chi connectivity index (χ2v) is 9.07. The van der Waals surface area contributed by atoms with E-state index in [1.54, 1.807) is 0 Å². The van der Waals surface area contributed by atoms with Crippen LogP contribution in [0.4, 0.5) is 0 Å². The molecule has 0 spiro atoms. The van der Waals surface area contributed by atoms with Crippen molar-refractivity contribution in [2.24, 2.45) is 0 Å². The maximum Gasteiger partial charge on any atom is -0.0533 e. The van der Waals surface area contributed by atoms with Crippen molar-refractivity contribution in [3.05, 3.63) is 0 Å². The van der Waals surface area contributed by atoms with Crippen LogP contribution in [0.15, 0.2) is 0 Å². The molecule has 0 saturated carbocycles. The van der Waals surface area contributed by atoms with Crippen molar-refractivity contribution < 1.29 is 0 Å². The molecule has 0 N–H and O–H groups in total. The molecule has 0 atom stereocenters. The molecule has 0 heteroatoms. The zero-order valence-corrected chi connectivity index (χ0v) is 21.0. The van der Waals surface area contributed by atoms with E-state index in [-0.39, 0.29) is 7.43 Å². The van der Waals surface area contributed by atoms with Crippen molar-refractivity contribution in [3.63, 3.8) is 0 Å². The van der Waals surface area contributed by atoms with Crippen molar-refractivity contribution in [3.8, 4) is 0 Å². The van der Waals surface area contributed by atoms with Gasteiger partial charge in [0.15, 0.2) is 0 Å². The van der Waals surface area contributed by atoms with Crippen LogP contribution in [0.1, 0.15) is 189 Å². The quantitative estimate of drug-likeness (QED) is 0.155. The lowest BCUT2D eigenvalue weighted by atomic mass is 10.1. The molecule has 29 heavy (non-hydrogen) atoms. The molecule has 0 aliphatic carbocycles. The molecule has 0 fully saturated rings. The standard InChI is InChI=1S/2C14H30.CH4/c2*1-3-5-7-9-11-13-14-12-10-8-6-4-2;/h2*3-14H2,1-2H3;1H4. The highest BCUT2D eigenvalue weighted by Gasteiger charge is 1.92. The van der Waals surface area contributed by atoms with Crippen molar-refractivity contribution in [2.45, 2.75) is 189 Å². The summed E-state index contributed by atoms with van der Waals surface area (Å²) in [4.78, 5) is 0. The maximum atomic E-state index is 2.29. The van der Waals surface area contributed by atoms with E-state index in [1.165, 1.54) is 154 Å². The fourth-order valence-electron chi connectivity index (χ4n) is 3.83. The van der Waals surface area contributed by atoms with Gasteiger partial charge in [-0.05, 0) is 0 Å². The minimum Gasteiger partial charge on any atom is -0.0776 e. The van der Waals surface area contributed by atoms with E-state index in [2.05, 4.69) is 27.7 Å². The molecule has 0 aromatic carbocycles. The molecule has 0 unspecified atom stereocenters. The third-order valence-electron chi connectivity index (χ3n) is 5.91. The van der Waals surface area contributed by atoms with Gasteiger partial charge in [0.1, 0.15) is 0 Å². The highest BCUT2D eigenvalue weighted by atomic mass is 14.0. The smallest absolute Gasteiger partial charge is 0.0533 e. The van der Waals surface area contributed by atoms with Gasteiger partial charge in [0.05, 0.1) is 0 Å². The van der Waals surface area contributed by atoms with E-state index in [0.29, 0.717) is 0 Å². The van der Waals surface area contributed by atoms with Crippen LogP contribution in [0.2, 0.25) is 0 Å². The van der Waals surface area contributed by atoms with Gasteiger partial charge in [-0.2, -0.15) is 0 Å². The molecule has 0 saturated heterocycles. The maximum absolute atomic E-state index is 2.29. The van der Waals surface area contributed by atoms with Gasteiger partial charge in [-0.1, -0.05) is 189 Å². The second-order valence-electron chi connectivity index (χ2n) is 9.07. The van der Waals surface area contributed by atoms with Gasteiger partial charge < -0.3 is 0 Å². The number of hydrogen-bond acceptors (Lipinski definition) is 0. The Morgan fingerprint density at radius 1 is 0.207 bits per heavy atom. The van der Waals surface area contributed by atoms with Gasteiger partial charge in [0, 0.05) is 0 Å². The lowest BCUT2D eigenvalue weighted by Crippen LogP contribution is -1.81. The molecule has 0 heterocycles. The Balaban J connectivity index is -0.000000451. The molecule has 0 nitrogen and oxygen atoms in total. The largest absolute Gasteiger partial charge is 0.0776 e. The van der Waals surface area contributed by atoms with Gasteiger partial charge in [0.2, 0.25) is 0 Å². The Kier molecular flexibility index (Phi) is 41.1. The van der Waals surface area contributed by atoms with Crippen molar-refractivity contribution in [1.82, 2.24) is 0 Å². The minimum absolute atomic E-state index is 0. The fraction of sp³-hybridized carbons (Fsp3) is 1.00. The molecule has 0 aliphatic rings. The van der Waals surface area contributed by atoms with Crippen LogP contribution in [-0.2, 0) is 0 Å². The molecule has 0 aromatic rings. The summed E-state index contributed by atoms with van der Waals surface area (Å²) in [6.45, 7) is 9.14. The second kappa shape index (κ2) is 35.4. The average molecular weight is 413 g/mol. The van der Waals surface area contributed by atoms with E-state index in [1.807, 2.05) is 0 Å². The van der Waals surface area contributed by atoms with Gasteiger partial charge in [-0.25, -0.2) is 0 Å². The predicted octanol–water partition coefficient (Wildman–Crippen LogP) is 12.1. The SMILES string of the molecule is C.CCCCCCCCCCCCCC.CCCCCCCCCCCCCC. The lowest BCUT2D eigenvalue weighted by molar-refractivity contribution is 0.548. The Morgan fingerprint density at radius 2 is 0.310 bits per heavy atom. The summed E-state index contributed by atoms with van der Waals surface area (Å²) in [6, 6.07) is 0. The minimum atomic E-state index is 0. The van der Waals surface area contributed by atoms with Crippen LogP contribution < -0.4 is 0 Å². The third kappa shape index (κ3) is 39.1. The number of hydrogen-bond donors (Lipinski definition) is 0. The Hall–Kier alpha value is 0. The molecule has 180 valence electrons. The van der Waals surface area contributed by atoms with Crippen molar-refractivity contribution in [1.29, 1.82) is 0 Å². The molecule has 0 rings (SSSR count). The van der Waals surface area contributed by atoms with Crippen LogP contribution in [0.3, 0.4) is 0 Å². The predicted molar refractivity (Wildman–Crippen MR) is 140 cm³/mol. The van der Waals surface area contributed by atoms with Crippen molar-refractivity contribution >= 4 is 0 Å². The monoisotopic (exact) mass is 413 g/mol. The Morgan fingerprint density at radius 3 is 0.414 bits per heavy atom. The zero-order chi connectivity index (χ0) is 21.0. The summed E-state index contributed by atoms with van der Waals surface area (Å²) in [5.74, 6) is 0. The molecule has 0 aromatic heterocycles. The van der Waals surface area contributed by atoms with Gasteiger partial charge >= 0.3 is 0 Å². The molecule has 0 amide bonds. The molecule has 0 aliphatic heterocycles.